The first-order valence-corrected chi connectivity index (χ1v) is 7.36. The van der Waals surface area contributed by atoms with Gasteiger partial charge in [-0.15, -0.1) is 11.6 Å². The lowest BCUT2D eigenvalue weighted by molar-refractivity contribution is 0.620. The van der Waals surface area contributed by atoms with Crippen LogP contribution in [0.1, 0.15) is 22.1 Å². The van der Waals surface area contributed by atoms with Gasteiger partial charge >= 0.3 is 0 Å². The van der Waals surface area contributed by atoms with Gasteiger partial charge in [0.2, 0.25) is 0 Å². The summed E-state index contributed by atoms with van der Waals surface area (Å²) in [5, 5.41) is -0.284. The lowest BCUT2D eigenvalue weighted by Gasteiger charge is -2.12. The van der Waals surface area contributed by atoms with Crippen molar-refractivity contribution >= 4 is 43.5 Å². The normalized spacial score (nSPS) is 12.5. The van der Waals surface area contributed by atoms with Crippen LogP contribution in [0.3, 0.4) is 0 Å². The summed E-state index contributed by atoms with van der Waals surface area (Å²) in [6.07, 6.45) is 0. The molecule has 0 heterocycles. The Balaban J connectivity index is 2.37. The van der Waals surface area contributed by atoms with Crippen molar-refractivity contribution < 1.29 is 4.39 Å². The fourth-order valence-electron chi connectivity index (χ4n) is 1.69. The van der Waals surface area contributed by atoms with Crippen LogP contribution in [-0.4, -0.2) is 0 Å². The monoisotopic (exact) mass is 390 g/mol. The number of hydrogen-bond donors (Lipinski definition) is 0. The Kier molecular flexibility index (Phi) is 4.46. The lowest BCUT2D eigenvalue weighted by Crippen LogP contribution is -1.95. The second-order valence-corrected chi connectivity index (χ2v) is 6.19. The summed E-state index contributed by atoms with van der Waals surface area (Å²) < 4.78 is 14.7. The maximum Gasteiger partial charge on any atom is 0.137 e. The quantitative estimate of drug-likeness (QED) is 0.551. The largest absolute Gasteiger partial charge is 0.206 e. The maximum absolute atomic E-state index is 13.2. The molecule has 0 saturated carbocycles. The minimum Gasteiger partial charge on any atom is -0.206 e. The minimum atomic E-state index is -0.284. The van der Waals surface area contributed by atoms with E-state index in [1.165, 1.54) is 6.07 Å². The summed E-state index contributed by atoms with van der Waals surface area (Å²) >= 11 is 13.0. The van der Waals surface area contributed by atoms with E-state index < -0.39 is 0 Å². The Labute approximate surface area is 127 Å². The molecule has 0 spiro atoms. The Morgan fingerprint density at radius 1 is 1.00 bits per heavy atom. The standard InChI is InChI=1S/C14H10Br2ClF/c1-8-6-9(2-4-11(8)15)14(17)10-3-5-13(18)12(16)7-10/h2-7,14H,1H3. The van der Waals surface area contributed by atoms with Gasteiger partial charge in [-0.05, 0) is 57.7 Å². The van der Waals surface area contributed by atoms with Gasteiger partial charge in [-0.2, -0.15) is 0 Å². The van der Waals surface area contributed by atoms with Gasteiger partial charge in [0.15, 0.2) is 0 Å². The third-order valence-electron chi connectivity index (χ3n) is 2.71. The molecule has 94 valence electrons. The molecule has 2 aromatic rings. The van der Waals surface area contributed by atoms with Crippen LogP contribution >= 0.6 is 43.5 Å². The average molecular weight is 392 g/mol. The fraction of sp³-hybridized carbons (Fsp3) is 0.143. The van der Waals surface area contributed by atoms with E-state index in [0.717, 1.165) is 21.2 Å². The molecule has 0 bridgehead atoms. The zero-order valence-corrected chi connectivity index (χ0v) is 13.5. The number of benzene rings is 2. The van der Waals surface area contributed by atoms with Gasteiger partial charge in [0.05, 0.1) is 9.85 Å². The molecule has 0 fully saturated rings. The molecule has 18 heavy (non-hydrogen) atoms. The average Bonchev–Trinajstić information content (AvgIpc) is 2.35. The number of hydrogen-bond acceptors (Lipinski definition) is 0. The van der Waals surface area contributed by atoms with Crippen molar-refractivity contribution in [2.75, 3.05) is 0 Å². The van der Waals surface area contributed by atoms with E-state index in [2.05, 4.69) is 31.9 Å². The molecule has 1 atom stereocenters. The molecule has 0 saturated heterocycles. The van der Waals surface area contributed by atoms with Gasteiger partial charge in [0, 0.05) is 4.47 Å². The molecule has 2 rings (SSSR count). The van der Waals surface area contributed by atoms with Gasteiger partial charge in [-0.3, -0.25) is 0 Å². The Morgan fingerprint density at radius 3 is 2.22 bits per heavy atom. The van der Waals surface area contributed by atoms with Gasteiger partial charge in [-0.1, -0.05) is 34.1 Å². The topological polar surface area (TPSA) is 0 Å². The van der Waals surface area contributed by atoms with Crippen LogP contribution in [0, 0.1) is 12.7 Å². The molecule has 2 aromatic carbocycles. The zero-order chi connectivity index (χ0) is 13.3. The zero-order valence-electron chi connectivity index (χ0n) is 9.55. The number of aryl methyl sites for hydroxylation is 1. The van der Waals surface area contributed by atoms with Crippen LogP contribution in [0.25, 0.3) is 0 Å². The van der Waals surface area contributed by atoms with Gasteiger partial charge in [-0.25, -0.2) is 4.39 Å². The third kappa shape index (κ3) is 2.95. The van der Waals surface area contributed by atoms with Crippen molar-refractivity contribution in [2.45, 2.75) is 12.3 Å². The molecule has 0 nitrogen and oxygen atoms in total. The SMILES string of the molecule is Cc1cc(C(Cl)c2ccc(F)c(Br)c2)ccc1Br. The molecule has 0 aliphatic carbocycles. The number of alkyl halides is 1. The van der Waals surface area contributed by atoms with E-state index in [4.69, 9.17) is 11.6 Å². The highest BCUT2D eigenvalue weighted by atomic mass is 79.9. The van der Waals surface area contributed by atoms with Gasteiger partial charge < -0.3 is 0 Å². The highest BCUT2D eigenvalue weighted by Gasteiger charge is 2.13. The second kappa shape index (κ2) is 5.72. The van der Waals surface area contributed by atoms with Crippen molar-refractivity contribution in [3.05, 3.63) is 67.9 Å². The Bertz CT molecular complexity index is 533. The predicted octanol–water partition coefficient (Wildman–Crippen LogP) is 5.99. The van der Waals surface area contributed by atoms with Crippen molar-refractivity contribution in [1.82, 2.24) is 0 Å². The highest BCUT2D eigenvalue weighted by molar-refractivity contribution is 9.10. The lowest BCUT2D eigenvalue weighted by atomic mass is 10.0. The smallest absolute Gasteiger partial charge is 0.137 e. The maximum atomic E-state index is 13.2. The number of halogens is 4. The minimum absolute atomic E-state index is 0.283. The number of rotatable bonds is 2. The van der Waals surface area contributed by atoms with Gasteiger partial charge in [0.25, 0.3) is 0 Å². The highest BCUT2D eigenvalue weighted by Crippen LogP contribution is 2.32. The van der Waals surface area contributed by atoms with Crippen molar-refractivity contribution in [1.29, 1.82) is 0 Å². The van der Waals surface area contributed by atoms with Crippen LogP contribution < -0.4 is 0 Å². The molecule has 1 unspecified atom stereocenters. The Hall–Kier alpha value is -0.380. The van der Waals surface area contributed by atoms with Gasteiger partial charge in [0.1, 0.15) is 5.82 Å². The summed E-state index contributed by atoms with van der Waals surface area (Å²) in [6, 6.07) is 10.8. The molecule has 0 aliphatic heterocycles. The van der Waals surface area contributed by atoms with E-state index in [9.17, 15) is 4.39 Å². The summed E-state index contributed by atoms with van der Waals surface area (Å²) in [4.78, 5) is 0. The second-order valence-electron chi connectivity index (χ2n) is 4.04. The molecule has 0 N–H and O–H groups in total. The molecule has 0 aromatic heterocycles. The Morgan fingerprint density at radius 2 is 1.61 bits per heavy atom. The van der Waals surface area contributed by atoms with Crippen LogP contribution in [0.4, 0.5) is 4.39 Å². The van der Waals surface area contributed by atoms with E-state index in [1.54, 1.807) is 12.1 Å². The van der Waals surface area contributed by atoms with E-state index >= 15 is 0 Å². The summed E-state index contributed by atoms with van der Waals surface area (Å²) in [5.74, 6) is -0.283. The summed E-state index contributed by atoms with van der Waals surface area (Å²) in [6.45, 7) is 2.01. The molecular formula is C14H10Br2ClF. The molecule has 0 radical (unpaired) electrons. The van der Waals surface area contributed by atoms with E-state index in [0.29, 0.717) is 4.47 Å². The first kappa shape index (κ1) is 14.0. The summed E-state index contributed by atoms with van der Waals surface area (Å²) in [7, 11) is 0. The first-order valence-electron chi connectivity index (χ1n) is 5.34. The molecule has 4 heteroatoms. The van der Waals surface area contributed by atoms with E-state index in [1.807, 2.05) is 25.1 Å². The third-order valence-corrected chi connectivity index (χ3v) is 4.71. The summed E-state index contributed by atoms with van der Waals surface area (Å²) in [5.41, 5.74) is 2.99. The van der Waals surface area contributed by atoms with Crippen molar-refractivity contribution in [3.8, 4) is 0 Å². The van der Waals surface area contributed by atoms with Crippen LogP contribution in [0.5, 0.6) is 0 Å². The molecule has 0 amide bonds. The van der Waals surface area contributed by atoms with Crippen molar-refractivity contribution in [2.24, 2.45) is 0 Å². The predicted molar refractivity (Wildman–Crippen MR) is 80.7 cm³/mol. The van der Waals surface area contributed by atoms with Crippen LogP contribution in [0.15, 0.2) is 45.3 Å². The van der Waals surface area contributed by atoms with E-state index in [-0.39, 0.29) is 11.2 Å². The van der Waals surface area contributed by atoms with Crippen molar-refractivity contribution in [3.63, 3.8) is 0 Å². The fourth-order valence-corrected chi connectivity index (χ4v) is 2.60. The molecule has 0 aliphatic rings. The first-order chi connectivity index (χ1) is 8.49. The molecular weight excluding hydrogens is 382 g/mol. The van der Waals surface area contributed by atoms with Crippen LogP contribution in [0.2, 0.25) is 0 Å². The van der Waals surface area contributed by atoms with Crippen LogP contribution in [-0.2, 0) is 0 Å².